The van der Waals surface area contributed by atoms with E-state index in [2.05, 4.69) is 10.2 Å². The van der Waals surface area contributed by atoms with Crippen molar-refractivity contribution >= 4 is 40.0 Å². The number of anilines is 2. The third-order valence-electron chi connectivity index (χ3n) is 5.82. The average Bonchev–Trinajstić information content (AvgIpc) is 3.21. The van der Waals surface area contributed by atoms with Crippen molar-refractivity contribution in [3.05, 3.63) is 51.4 Å². The van der Waals surface area contributed by atoms with Crippen LogP contribution in [0.3, 0.4) is 0 Å². The van der Waals surface area contributed by atoms with Gasteiger partial charge in [-0.3, -0.25) is 4.79 Å². The van der Waals surface area contributed by atoms with Gasteiger partial charge in [0.15, 0.2) is 0 Å². The van der Waals surface area contributed by atoms with Gasteiger partial charge in [0.2, 0.25) is 0 Å². The molecule has 172 valence electrons. The Bertz CT molecular complexity index is 1090. The summed E-state index contributed by atoms with van der Waals surface area (Å²) in [6.07, 6.45) is 5.32. The molecule has 2 aliphatic rings. The maximum absolute atomic E-state index is 12.9. The van der Waals surface area contributed by atoms with Gasteiger partial charge in [0.05, 0.1) is 25.4 Å². The summed E-state index contributed by atoms with van der Waals surface area (Å²) in [6.45, 7) is 5.13. The van der Waals surface area contributed by atoms with E-state index in [4.69, 9.17) is 9.47 Å². The number of hydrogen-bond donors (Lipinski definition) is 1. The first kappa shape index (κ1) is 23.0. The molecule has 8 heteroatoms. The van der Waals surface area contributed by atoms with E-state index in [1.165, 1.54) is 11.3 Å². The molecular formula is C25H27N3O4S. The van der Waals surface area contributed by atoms with Gasteiger partial charge in [0.1, 0.15) is 16.6 Å². The van der Waals surface area contributed by atoms with Gasteiger partial charge >= 0.3 is 5.97 Å². The van der Waals surface area contributed by atoms with Gasteiger partial charge in [0, 0.05) is 23.7 Å². The summed E-state index contributed by atoms with van der Waals surface area (Å²) in [5.74, 6) is -0.952. The molecule has 1 saturated heterocycles. The van der Waals surface area contributed by atoms with Gasteiger partial charge in [-0.15, -0.1) is 11.3 Å². The SMILES string of the molecule is CCOC(=O)c1c(NC(=O)/C(C#N)=C\c2ccc(N3CCOCC3)cc2)sc2c1CCCC2. The number of carbonyl (C=O) groups is 2. The number of benzene rings is 1. The minimum Gasteiger partial charge on any atom is -0.462 e. The summed E-state index contributed by atoms with van der Waals surface area (Å²) in [5.41, 5.74) is 3.24. The molecule has 2 aromatic rings. The number of rotatable bonds is 6. The molecule has 1 aliphatic heterocycles. The number of aryl methyl sites for hydroxylation is 1. The Morgan fingerprint density at radius 1 is 1.21 bits per heavy atom. The zero-order chi connectivity index (χ0) is 23.2. The van der Waals surface area contributed by atoms with Gasteiger partial charge in [0.25, 0.3) is 5.91 Å². The third-order valence-corrected chi connectivity index (χ3v) is 7.03. The normalized spacial score (nSPS) is 16.0. The highest BCUT2D eigenvalue weighted by Crippen LogP contribution is 2.38. The Kier molecular flexibility index (Phi) is 7.43. The lowest BCUT2D eigenvalue weighted by Gasteiger charge is -2.28. The largest absolute Gasteiger partial charge is 0.462 e. The number of nitrogens with one attached hydrogen (secondary N) is 1. The summed E-state index contributed by atoms with van der Waals surface area (Å²) in [7, 11) is 0. The van der Waals surface area contributed by atoms with Crippen molar-refractivity contribution < 1.29 is 19.1 Å². The van der Waals surface area contributed by atoms with E-state index in [0.29, 0.717) is 23.8 Å². The van der Waals surface area contributed by atoms with Crippen molar-refractivity contribution in [2.24, 2.45) is 0 Å². The molecule has 0 atom stereocenters. The number of amides is 1. The molecule has 0 unspecified atom stereocenters. The third kappa shape index (κ3) is 5.27. The van der Waals surface area contributed by atoms with Crippen LogP contribution >= 0.6 is 11.3 Å². The van der Waals surface area contributed by atoms with Crippen LogP contribution in [-0.2, 0) is 27.1 Å². The summed E-state index contributed by atoms with van der Waals surface area (Å²) in [5, 5.41) is 12.9. The van der Waals surface area contributed by atoms with Crippen LogP contribution in [0.5, 0.6) is 0 Å². The van der Waals surface area contributed by atoms with Crippen molar-refractivity contribution in [2.75, 3.05) is 43.1 Å². The summed E-state index contributed by atoms with van der Waals surface area (Å²) < 4.78 is 10.6. The molecule has 0 spiro atoms. The van der Waals surface area contributed by atoms with Gasteiger partial charge in [-0.05, 0) is 61.9 Å². The number of thiophene rings is 1. The van der Waals surface area contributed by atoms with Crippen LogP contribution in [0, 0.1) is 11.3 Å². The lowest BCUT2D eigenvalue weighted by molar-refractivity contribution is -0.112. The maximum Gasteiger partial charge on any atom is 0.341 e. The van der Waals surface area contributed by atoms with Crippen LogP contribution in [-0.4, -0.2) is 44.8 Å². The number of fused-ring (bicyclic) bond motifs is 1. The van der Waals surface area contributed by atoms with Crippen molar-refractivity contribution in [3.63, 3.8) is 0 Å². The molecule has 4 rings (SSSR count). The predicted octanol–water partition coefficient (Wildman–Crippen LogP) is 4.19. The molecule has 33 heavy (non-hydrogen) atoms. The Balaban J connectivity index is 1.53. The van der Waals surface area contributed by atoms with Crippen LogP contribution in [0.25, 0.3) is 6.08 Å². The summed E-state index contributed by atoms with van der Waals surface area (Å²) in [6, 6.07) is 9.74. The van der Waals surface area contributed by atoms with E-state index in [1.54, 1.807) is 13.0 Å². The van der Waals surface area contributed by atoms with Crippen molar-refractivity contribution in [2.45, 2.75) is 32.6 Å². The van der Waals surface area contributed by atoms with E-state index < -0.39 is 11.9 Å². The second kappa shape index (κ2) is 10.6. The molecule has 1 amide bonds. The summed E-state index contributed by atoms with van der Waals surface area (Å²) in [4.78, 5) is 28.9. The highest BCUT2D eigenvalue weighted by molar-refractivity contribution is 7.17. The molecule has 1 aromatic heterocycles. The molecule has 2 heterocycles. The van der Waals surface area contributed by atoms with Gasteiger partial charge in [-0.1, -0.05) is 12.1 Å². The molecule has 0 saturated carbocycles. The molecule has 1 fully saturated rings. The first-order valence-electron chi connectivity index (χ1n) is 11.3. The zero-order valence-corrected chi connectivity index (χ0v) is 19.5. The monoisotopic (exact) mass is 465 g/mol. The Hall–Kier alpha value is -3.15. The Labute approximate surface area is 197 Å². The van der Waals surface area contributed by atoms with Crippen molar-refractivity contribution in [1.82, 2.24) is 0 Å². The molecule has 7 nitrogen and oxygen atoms in total. The van der Waals surface area contributed by atoms with E-state index in [9.17, 15) is 14.9 Å². The van der Waals surface area contributed by atoms with Gasteiger partial charge in [-0.25, -0.2) is 4.79 Å². The number of esters is 1. The quantitative estimate of drug-likeness (QED) is 0.391. The standard InChI is InChI=1S/C25H27N3O4S/c1-2-32-25(30)22-20-5-3-4-6-21(20)33-24(22)27-23(29)18(16-26)15-17-7-9-19(10-8-17)28-11-13-31-14-12-28/h7-10,15H,2-6,11-14H2,1H3,(H,27,29)/b18-15-. The number of carbonyl (C=O) groups excluding carboxylic acids is 2. The van der Waals surface area contributed by atoms with Crippen molar-refractivity contribution in [1.29, 1.82) is 5.26 Å². The van der Waals surface area contributed by atoms with Gasteiger partial charge in [-0.2, -0.15) is 5.26 Å². The van der Waals surface area contributed by atoms with E-state index in [1.807, 2.05) is 30.3 Å². The van der Waals surface area contributed by atoms with Crippen molar-refractivity contribution in [3.8, 4) is 6.07 Å². The predicted molar refractivity (Wildman–Crippen MR) is 129 cm³/mol. The smallest absolute Gasteiger partial charge is 0.341 e. The number of nitriles is 1. The topological polar surface area (TPSA) is 91.7 Å². The molecule has 0 bridgehead atoms. The minimum absolute atomic E-state index is 0.0182. The molecule has 1 N–H and O–H groups in total. The fraction of sp³-hybridized carbons (Fsp3) is 0.400. The Morgan fingerprint density at radius 3 is 2.64 bits per heavy atom. The fourth-order valence-electron chi connectivity index (χ4n) is 4.16. The zero-order valence-electron chi connectivity index (χ0n) is 18.7. The van der Waals surface area contributed by atoms with Crippen LogP contribution in [0.2, 0.25) is 0 Å². The second-order valence-electron chi connectivity index (χ2n) is 7.95. The Morgan fingerprint density at radius 2 is 1.94 bits per heavy atom. The first-order chi connectivity index (χ1) is 16.1. The number of ether oxygens (including phenoxy) is 2. The number of morpholine rings is 1. The number of hydrogen-bond acceptors (Lipinski definition) is 7. The average molecular weight is 466 g/mol. The fourth-order valence-corrected chi connectivity index (χ4v) is 5.43. The first-order valence-corrected chi connectivity index (χ1v) is 12.1. The summed E-state index contributed by atoms with van der Waals surface area (Å²) >= 11 is 1.41. The lowest BCUT2D eigenvalue weighted by Crippen LogP contribution is -2.36. The maximum atomic E-state index is 12.9. The van der Waals surface area contributed by atoms with E-state index >= 15 is 0 Å². The molecular weight excluding hydrogens is 438 g/mol. The van der Waals surface area contributed by atoms with Crippen LogP contribution in [0.15, 0.2) is 29.8 Å². The minimum atomic E-state index is -0.529. The van der Waals surface area contributed by atoms with Crippen LogP contribution < -0.4 is 10.2 Å². The lowest BCUT2D eigenvalue weighted by atomic mass is 9.95. The highest BCUT2D eigenvalue weighted by Gasteiger charge is 2.27. The van der Waals surface area contributed by atoms with Crippen LogP contribution in [0.4, 0.5) is 10.7 Å². The highest BCUT2D eigenvalue weighted by atomic mass is 32.1. The van der Waals surface area contributed by atoms with E-state index in [-0.39, 0.29) is 12.2 Å². The van der Waals surface area contributed by atoms with Gasteiger partial charge < -0.3 is 19.7 Å². The molecule has 0 radical (unpaired) electrons. The van der Waals surface area contributed by atoms with E-state index in [0.717, 1.165) is 60.5 Å². The van der Waals surface area contributed by atoms with Crippen LogP contribution in [0.1, 0.15) is 46.1 Å². The molecule has 1 aromatic carbocycles. The molecule has 1 aliphatic carbocycles. The second-order valence-corrected chi connectivity index (χ2v) is 9.06. The number of nitrogens with zero attached hydrogens (tertiary/aromatic N) is 2.